The smallest absolute Gasteiger partial charge is 0.0177 e. The molecule has 1 nitrogen and oxygen atoms in total. The van der Waals surface area contributed by atoms with Crippen molar-refractivity contribution < 1.29 is 0 Å². The van der Waals surface area contributed by atoms with Gasteiger partial charge >= 0.3 is 0 Å². The molecule has 0 aromatic heterocycles. The Balaban J connectivity index is 2.72. The summed E-state index contributed by atoms with van der Waals surface area (Å²) in [7, 11) is 2.12. The van der Waals surface area contributed by atoms with Crippen LogP contribution in [0.4, 0.5) is 0 Å². The van der Waals surface area contributed by atoms with E-state index in [0.29, 0.717) is 5.92 Å². The third kappa shape index (κ3) is 3.41. The predicted molar refractivity (Wildman–Crippen MR) is 72.0 cm³/mol. The van der Waals surface area contributed by atoms with Crippen molar-refractivity contribution in [1.82, 2.24) is 4.90 Å². The Kier molecular flexibility index (Phi) is 4.60. The van der Waals surface area contributed by atoms with Crippen LogP contribution in [-0.2, 0) is 0 Å². The van der Waals surface area contributed by atoms with Gasteiger partial charge < -0.3 is 4.90 Å². The standard InChI is InChI=1S/C15H23N/c1-6-13(3)14(4)11-16(5)15-9-7-8-12(2)10-15/h7-9,11-12H,3,6,10H2,1-2,4-5H3/b14-11-. The summed E-state index contributed by atoms with van der Waals surface area (Å²) in [5.41, 5.74) is 3.86. The molecule has 0 aliphatic heterocycles. The normalized spacial score (nSPS) is 20.6. The third-order valence-corrected chi connectivity index (χ3v) is 3.08. The van der Waals surface area contributed by atoms with Crippen LogP contribution in [0.25, 0.3) is 0 Å². The van der Waals surface area contributed by atoms with Gasteiger partial charge in [0, 0.05) is 18.9 Å². The van der Waals surface area contributed by atoms with E-state index >= 15 is 0 Å². The van der Waals surface area contributed by atoms with Gasteiger partial charge in [-0.15, -0.1) is 0 Å². The molecular formula is C15H23N. The molecule has 0 saturated carbocycles. The third-order valence-electron chi connectivity index (χ3n) is 3.08. The van der Waals surface area contributed by atoms with Crippen molar-refractivity contribution in [2.45, 2.75) is 33.6 Å². The number of hydrogen-bond donors (Lipinski definition) is 0. The summed E-state index contributed by atoms with van der Waals surface area (Å²) >= 11 is 0. The predicted octanol–water partition coefficient (Wildman–Crippen LogP) is 4.27. The van der Waals surface area contributed by atoms with Crippen molar-refractivity contribution in [2.75, 3.05) is 7.05 Å². The molecule has 0 fully saturated rings. The summed E-state index contributed by atoms with van der Waals surface area (Å²) in [5, 5.41) is 0. The van der Waals surface area contributed by atoms with Crippen LogP contribution in [-0.4, -0.2) is 11.9 Å². The molecule has 1 heteroatoms. The molecule has 0 aromatic carbocycles. The largest absolute Gasteiger partial charge is 0.354 e. The van der Waals surface area contributed by atoms with Crippen molar-refractivity contribution >= 4 is 0 Å². The lowest BCUT2D eigenvalue weighted by atomic mass is 9.99. The van der Waals surface area contributed by atoms with Crippen LogP contribution >= 0.6 is 0 Å². The van der Waals surface area contributed by atoms with Gasteiger partial charge in [-0.05, 0) is 37.3 Å². The molecule has 1 rings (SSSR count). The second kappa shape index (κ2) is 5.74. The lowest BCUT2D eigenvalue weighted by Crippen LogP contribution is -2.14. The maximum atomic E-state index is 4.06. The van der Waals surface area contributed by atoms with Gasteiger partial charge in [-0.3, -0.25) is 0 Å². The summed E-state index contributed by atoms with van der Waals surface area (Å²) in [6.07, 6.45) is 10.9. The average Bonchev–Trinajstić information content (AvgIpc) is 2.27. The van der Waals surface area contributed by atoms with E-state index in [1.54, 1.807) is 0 Å². The maximum absolute atomic E-state index is 4.06. The van der Waals surface area contributed by atoms with Crippen molar-refractivity contribution in [3.63, 3.8) is 0 Å². The zero-order chi connectivity index (χ0) is 12.1. The molecule has 88 valence electrons. The maximum Gasteiger partial charge on any atom is 0.0177 e. The Bertz CT molecular complexity index is 344. The highest BCUT2D eigenvalue weighted by Gasteiger charge is 2.09. The molecule has 0 radical (unpaired) electrons. The number of nitrogens with zero attached hydrogens (tertiary/aromatic N) is 1. The summed E-state index contributed by atoms with van der Waals surface area (Å²) in [4.78, 5) is 2.22. The van der Waals surface area contributed by atoms with Crippen LogP contribution < -0.4 is 0 Å². The quantitative estimate of drug-likeness (QED) is 0.636. The molecule has 1 atom stereocenters. The van der Waals surface area contributed by atoms with Crippen LogP contribution in [0.1, 0.15) is 33.6 Å². The Morgan fingerprint density at radius 1 is 1.62 bits per heavy atom. The second-order valence-electron chi connectivity index (χ2n) is 4.60. The van der Waals surface area contributed by atoms with Gasteiger partial charge in [0.15, 0.2) is 0 Å². The molecule has 0 N–H and O–H groups in total. The Hall–Kier alpha value is -1.24. The first-order chi connectivity index (χ1) is 7.54. The fraction of sp³-hybridized carbons (Fsp3) is 0.467. The van der Waals surface area contributed by atoms with Gasteiger partial charge in [0.1, 0.15) is 0 Å². The Labute approximate surface area is 99.8 Å². The molecule has 16 heavy (non-hydrogen) atoms. The van der Waals surface area contributed by atoms with E-state index < -0.39 is 0 Å². The zero-order valence-electron chi connectivity index (χ0n) is 11.0. The second-order valence-corrected chi connectivity index (χ2v) is 4.60. The molecule has 0 amide bonds. The number of rotatable bonds is 4. The van der Waals surface area contributed by atoms with Gasteiger partial charge in [-0.25, -0.2) is 0 Å². The van der Waals surface area contributed by atoms with Crippen LogP contribution in [0.2, 0.25) is 0 Å². The molecule has 1 aliphatic carbocycles. The van der Waals surface area contributed by atoms with E-state index in [4.69, 9.17) is 0 Å². The molecule has 0 saturated heterocycles. The Morgan fingerprint density at radius 3 is 2.88 bits per heavy atom. The molecular weight excluding hydrogens is 194 g/mol. The van der Waals surface area contributed by atoms with Crippen LogP contribution in [0.5, 0.6) is 0 Å². The molecule has 0 spiro atoms. The van der Waals surface area contributed by atoms with Crippen molar-refractivity contribution in [2.24, 2.45) is 5.92 Å². The summed E-state index contributed by atoms with van der Waals surface area (Å²) < 4.78 is 0. The van der Waals surface area contributed by atoms with Crippen molar-refractivity contribution in [3.05, 3.63) is 47.9 Å². The van der Waals surface area contributed by atoms with E-state index in [-0.39, 0.29) is 0 Å². The molecule has 1 unspecified atom stereocenters. The highest BCUT2D eigenvalue weighted by molar-refractivity contribution is 5.27. The van der Waals surface area contributed by atoms with Gasteiger partial charge in [0.2, 0.25) is 0 Å². The fourth-order valence-electron chi connectivity index (χ4n) is 1.83. The van der Waals surface area contributed by atoms with Gasteiger partial charge in [-0.1, -0.05) is 38.2 Å². The number of hydrogen-bond acceptors (Lipinski definition) is 1. The van der Waals surface area contributed by atoms with Crippen molar-refractivity contribution in [3.8, 4) is 0 Å². The minimum absolute atomic E-state index is 0.644. The van der Waals surface area contributed by atoms with E-state index in [1.807, 2.05) is 0 Å². The number of allylic oxidation sites excluding steroid dienone is 6. The van der Waals surface area contributed by atoms with E-state index in [9.17, 15) is 0 Å². The van der Waals surface area contributed by atoms with E-state index in [0.717, 1.165) is 12.8 Å². The van der Waals surface area contributed by atoms with Crippen LogP contribution in [0.15, 0.2) is 47.9 Å². The Morgan fingerprint density at radius 2 is 2.31 bits per heavy atom. The topological polar surface area (TPSA) is 3.24 Å². The molecule has 0 heterocycles. The first kappa shape index (κ1) is 12.8. The van der Waals surface area contributed by atoms with Crippen LogP contribution in [0, 0.1) is 5.92 Å². The monoisotopic (exact) mass is 217 g/mol. The fourth-order valence-corrected chi connectivity index (χ4v) is 1.83. The first-order valence-electron chi connectivity index (χ1n) is 6.01. The molecule has 0 bridgehead atoms. The van der Waals surface area contributed by atoms with Gasteiger partial charge in [0.05, 0.1) is 0 Å². The summed E-state index contributed by atoms with van der Waals surface area (Å²) in [6.45, 7) is 10.6. The highest BCUT2D eigenvalue weighted by Crippen LogP contribution is 2.22. The minimum Gasteiger partial charge on any atom is -0.354 e. The zero-order valence-corrected chi connectivity index (χ0v) is 11.0. The summed E-state index contributed by atoms with van der Waals surface area (Å²) in [5.74, 6) is 0.644. The first-order valence-corrected chi connectivity index (χ1v) is 6.01. The van der Waals surface area contributed by atoms with Crippen molar-refractivity contribution in [1.29, 1.82) is 0 Å². The highest BCUT2D eigenvalue weighted by atomic mass is 15.1. The van der Waals surface area contributed by atoms with Gasteiger partial charge in [0.25, 0.3) is 0 Å². The lowest BCUT2D eigenvalue weighted by molar-refractivity contribution is 0.499. The average molecular weight is 217 g/mol. The lowest BCUT2D eigenvalue weighted by Gasteiger charge is -2.23. The summed E-state index contributed by atoms with van der Waals surface area (Å²) in [6, 6.07) is 0. The SMILES string of the molecule is C=C(CC)/C(C)=C\N(C)C1=CC=CC(C)C1. The van der Waals surface area contributed by atoms with E-state index in [2.05, 4.69) is 63.7 Å². The van der Waals surface area contributed by atoms with Gasteiger partial charge in [-0.2, -0.15) is 0 Å². The van der Waals surface area contributed by atoms with E-state index in [1.165, 1.54) is 16.8 Å². The van der Waals surface area contributed by atoms with Crippen LogP contribution in [0.3, 0.4) is 0 Å². The molecule has 1 aliphatic rings. The molecule has 0 aromatic rings. The minimum atomic E-state index is 0.644.